The van der Waals surface area contributed by atoms with Crippen molar-refractivity contribution in [2.75, 3.05) is 33.4 Å². The fourth-order valence-electron chi connectivity index (χ4n) is 5.74. The molecule has 1 aliphatic heterocycles. The lowest BCUT2D eigenvalue weighted by Crippen LogP contribution is -2.52. The van der Waals surface area contributed by atoms with Crippen molar-refractivity contribution >= 4 is 5.97 Å². The summed E-state index contributed by atoms with van der Waals surface area (Å²) in [5.41, 5.74) is 2.79. The summed E-state index contributed by atoms with van der Waals surface area (Å²) in [6, 6.07) is 21.8. The predicted molar refractivity (Wildman–Crippen MR) is 138 cm³/mol. The summed E-state index contributed by atoms with van der Waals surface area (Å²) in [6.07, 6.45) is 6.96. The van der Waals surface area contributed by atoms with Crippen LogP contribution in [0.5, 0.6) is 0 Å². The largest absolute Gasteiger partial charge is 0.446 e. The molecule has 0 radical (unpaired) electrons. The van der Waals surface area contributed by atoms with E-state index in [2.05, 4.69) is 64.8 Å². The van der Waals surface area contributed by atoms with Crippen molar-refractivity contribution in [1.29, 1.82) is 0 Å². The molecule has 1 unspecified atom stereocenters. The molecule has 1 N–H and O–H groups in total. The molecule has 3 aliphatic rings. The van der Waals surface area contributed by atoms with Crippen LogP contribution < -0.4 is 5.32 Å². The zero-order chi connectivity index (χ0) is 24.1. The number of hydrogen-bond acceptors (Lipinski definition) is 5. The van der Waals surface area contributed by atoms with Gasteiger partial charge in [-0.1, -0.05) is 67.1 Å². The van der Waals surface area contributed by atoms with Crippen molar-refractivity contribution in [3.63, 3.8) is 0 Å². The third-order valence-electron chi connectivity index (χ3n) is 8.42. The monoisotopic (exact) mass is 476 g/mol. The number of benzene rings is 2. The Hall–Kier alpha value is -2.21. The molecular formula is C30H40N2O3. The van der Waals surface area contributed by atoms with Gasteiger partial charge < -0.3 is 14.8 Å². The minimum absolute atomic E-state index is 0.00624. The van der Waals surface area contributed by atoms with Crippen LogP contribution in [0.1, 0.15) is 55.6 Å². The van der Waals surface area contributed by atoms with E-state index in [1.165, 1.54) is 17.5 Å². The summed E-state index contributed by atoms with van der Waals surface area (Å²) in [7, 11) is 1.82. The summed E-state index contributed by atoms with van der Waals surface area (Å²) in [4.78, 5) is 15.1. The van der Waals surface area contributed by atoms with Crippen molar-refractivity contribution < 1.29 is 14.3 Å². The van der Waals surface area contributed by atoms with Gasteiger partial charge in [0.15, 0.2) is 6.23 Å². The van der Waals surface area contributed by atoms with Gasteiger partial charge in [0, 0.05) is 50.5 Å². The number of methoxy groups -OCH3 is 1. The number of carbonyl (C=O) groups excluding carboxylic acids is 1. The predicted octanol–water partition coefficient (Wildman–Crippen LogP) is 4.77. The molecule has 2 aromatic rings. The van der Waals surface area contributed by atoms with Crippen LogP contribution in [-0.4, -0.2) is 56.5 Å². The quantitative estimate of drug-likeness (QED) is 0.474. The third-order valence-corrected chi connectivity index (χ3v) is 8.42. The van der Waals surface area contributed by atoms with Gasteiger partial charge in [0.25, 0.3) is 0 Å². The third kappa shape index (κ3) is 6.14. The van der Waals surface area contributed by atoms with Gasteiger partial charge in [-0.2, -0.15) is 0 Å². The molecular weight excluding hydrogens is 436 g/mol. The van der Waals surface area contributed by atoms with E-state index in [0.717, 1.165) is 64.8 Å². The Labute approximate surface area is 210 Å². The van der Waals surface area contributed by atoms with Gasteiger partial charge >= 0.3 is 5.97 Å². The number of nitrogens with zero attached hydrogens (tertiary/aromatic N) is 1. The molecule has 35 heavy (non-hydrogen) atoms. The smallest absolute Gasteiger partial charge is 0.310 e. The Kier molecular flexibility index (Phi) is 7.86. The SMILES string of the molecule is COCC1(CN[C@@H]2C[C@H]2c2ccccc2)CCN(C(Cc2ccccc2)OC(=O)C2CCC2)CC1. The summed E-state index contributed by atoms with van der Waals surface area (Å²) in [5, 5.41) is 3.86. The molecule has 0 spiro atoms. The maximum absolute atomic E-state index is 12.8. The second-order valence-electron chi connectivity index (χ2n) is 10.9. The van der Waals surface area contributed by atoms with E-state index < -0.39 is 0 Å². The molecule has 2 saturated carbocycles. The number of likely N-dealkylation sites (tertiary alicyclic amines) is 1. The summed E-state index contributed by atoms with van der Waals surface area (Å²) in [6.45, 7) is 3.59. The molecule has 5 rings (SSSR count). The van der Waals surface area contributed by atoms with Crippen molar-refractivity contribution in [2.24, 2.45) is 11.3 Å². The topological polar surface area (TPSA) is 50.8 Å². The Morgan fingerprint density at radius 3 is 2.37 bits per heavy atom. The van der Waals surface area contributed by atoms with Crippen molar-refractivity contribution in [3.8, 4) is 0 Å². The van der Waals surface area contributed by atoms with Crippen LogP contribution in [0.2, 0.25) is 0 Å². The standard InChI is InChI=1S/C30H40N2O3/c1-34-22-30(21-31-27-20-26(27)24-11-6-3-7-12-24)15-17-32(18-16-30)28(19-23-9-4-2-5-10-23)35-29(33)25-13-8-14-25/h2-7,9-12,25-28,31H,8,13-22H2,1H3/t26-,27+,28?/m0/s1. The van der Waals surface area contributed by atoms with Crippen LogP contribution in [0.3, 0.4) is 0 Å². The van der Waals surface area contributed by atoms with Gasteiger partial charge in [-0.3, -0.25) is 9.69 Å². The van der Waals surface area contributed by atoms with E-state index in [9.17, 15) is 4.79 Å². The van der Waals surface area contributed by atoms with E-state index in [0.29, 0.717) is 12.0 Å². The van der Waals surface area contributed by atoms with Crippen molar-refractivity contribution in [1.82, 2.24) is 10.2 Å². The number of ether oxygens (including phenoxy) is 2. The number of piperidine rings is 1. The molecule has 0 aromatic heterocycles. The maximum Gasteiger partial charge on any atom is 0.310 e. The summed E-state index contributed by atoms with van der Waals surface area (Å²) in [5.74, 6) is 0.733. The van der Waals surface area contributed by atoms with Gasteiger partial charge in [-0.15, -0.1) is 0 Å². The van der Waals surface area contributed by atoms with Crippen molar-refractivity contribution in [2.45, 2.75) is 63.1 Å². The molecule has 5 nitrogen and oxygen atoms in total. The Balaban J connectivity index is 1.19. The fraction of sp³-hybridized carbons (Fsp3) is 0.567. The normalized spacial score (nSPS) is 24.9. The molecule has 0 bridgehead atoms. The highest BCUT2D eigenvalue weighted by Crippen LogP contribution is 2.42. The average Bonchev–Trinajstić information content (AvgIpc) is 3.63. The zero-order valence-corrected chi connectivity index (χ0v) is 21.0. The van der Waals surface area contributed by atoms with Crippen LogP contribution in [0.25, 0.3) is 0 Å². The fourth-order valence-corrected chi connectivity index (χ4v) is 5.74. The van der Waals surface area contributed by atoms with Gasteiger partial charge in [0.1, 0.15) is 0 Å². The number of esters is 1. The average molecular weight is 477 g/mol. The number of nitrogens with one attached hydrogen (secondary N) is 1. The first-order valence-corrected chi connectivity index (χ1v) is 13.4. The van der Waals surface area contributed by atoms with Gasteiger partial charge in [0.2, 0.25) is 0 Å². The van der Waals surface area contributed by atoms with Gasteiger partial charge in [-0.05, 0) is 43.2 Å². The van der Waals surface area contributed by atoms with Crippen LogP contribution in [0.15, 0.2) is 60.7 Å². The number of carbonyl (C=O) groups is 1. The van der Waals surface area contributed by atoms with E-state index in [1.807, 2.05) is 13.2 Å². The van der Waals surface area contributed by atoms with Crippen LogP contribution in [-0.2, 0) is 20.7 Å². The van der Waals surface area contributed by atoms with Crippen LogP contribution in [0, 0.1) is 11.3 Å². The highest BCUT2D eigenvalue weighted by atomic mass is 16.6. The first-order chi connectivity index (χ1) is 17.2. The molecule has 2 aliphatic carbocycles. The van der Waals surface area contributed by atoms with E-state index in [4.69, 9.17) is 9.47 Å². The lowest BCUT2D eigenvalue weighted by Gasteiger charge is -2.44. The number of hydrogen-bond donors (Lipinski definition) is 1. The Bertz CT molecular complexity index is 939. The highest BCUT2D eigenvalue weighted by Gasteiger charge is 2.42. The minimum Gasteiger partial charge on any atom is -0.446 e. The second kappa shape index (κ2) is 11.2. The molecule has 3 fully saturated rings. The summed E-state index contributed by atoms with van der Waals surface area (Å²) < 4.78 is 11.9. The minimum atomic E-state index is -0.190. The number of rotatable bonds is 11. The highest BCUT2D eigenvalue weighted by molar-refractivity contribution is 5.73. The zero-order valence-electron chi connectivity index (χ0n) is 21.0. The lowest BCUT2D eigenvalue weighted by atomic mass is 9.78. The first-order valence-electron chi connectivity index (χ1n) is 13.4. The van der Waals surface area contributed by atoms with E-state index in [-0.39, 0.29) is 23.5 Å². The molecule has 1 heterocycles. The van der Waals surface area contributed by atoms with Crippen LogP contribution in [0.4, 0.5) is 0 Å². The van der Waals surface area contributed by atoms with E-state index in [1.54, 1.807) is 0 Å². The molecule has 0 amide bonds. The van der Waals surface area contributed by atoms with Gasteiger partial charge in [-0.25, -0.2) is 0 Å². The van der Waals surface area contributed by atoms with Gasteiger partial charge in [0.05, 0.1) is 12.5 Å². The van der Waals surface area contributed by atoms with E-state index >= 15 is 0 Å². The second-order valence-corrected chi connectivity index (χ2v) is 10.9. The molecule has 2 aromatic carbocycles. The maximum atomic E-state index is 12.8. The Morgan fingerprint density at radius 2 is 1.74 bits per heavy atom. The Morgan fingerprint density at radius 1 is 1.06 bits per heavy atom. The summed E-state index contributed by atoms with van der Waals surface area (Å²) >= 11 is 0. The molecule has 188 valence electrons. The van der Waals surface area contributed by atoms with Crippen molar-refractivity contribution in [3.05, 3.63) is 71.8 Å². The molecule has 3 atom stereocenters. The van der Waals surface area contributed by atoms with Crippen LogP contribution >= 0.6 is 0 Å². The lowest BCUT2D eigenvalue weighted by molar-refractivity contribution is -0.170. The molecule has 1 saturated heterocycles. The molecule has 5 heteroatoms. The first kappa shape index (κ1) is 24.5.